The first-order valence-corrected chi connectivity index (χ1v) is 9.39. The number of aromatic nitrogens is 1. The Balaban J connectivity index is 1.56. The monoisotopic (exact) mass is 381 g/mol. The predicted molar refractivity (Wildman–Crippen MR) is 99.6 cm³/mol. The summed E-state index contributed by atoms with van der Waals surface area (Å²) in [4.78, 5) is 18.7. The van der Waals surface area contributed by atoms with Gasteiger partial charge in [-0.3, -0.25) is 9.69 Å². The van der Waals surface area contributed by atoms with E-state index in [0.717, 1.165) is 23.3 Å². The van der Waals surface area contributed by atoms with E-state index in [1.54, 1.807) is 13.8 Å². The van der Waals surface area contributed by atoms with E-state index in [1.807, 2.05) is 23.1 Å². The normalized spacial score (nSPS) is 17.0. The molecule has 2 aromatic rings. The summed E-state index contributed by atoms with van der Waals surface area (Å²) in [5.41, 5.74) is 2.31. The van der Waals surface area contributed by atoms with Crippen LogP contribution in [0.5, 0.6) is 0 Å². The lowest BCUT2D eigenvalue weighted by molar-refractivity contribution is -0.165. The zero-order valence-electron chi connectivity index (χ0n) is 15.7. The second-order valence-electron chi connectivity index (χ2n) is 7.59. The van der Waals surface area contributed by atoms with Crippen LogP contribution in [0.4, 0.5) is 13.2 Å². The molecular formula is C20H26F3N3O. The number of hydrogen-bond donors (Lipinski definition) is 1. The Morgan fingerprint density at radius 3 is 2.52 bits per heavy atom. The molecule has 0 atom stereocenters. The molecule has 0 spiro atoms. The van der Waals surface area contributed by atoms with Crippen molar-refractivity contribution in [2.24, 2.45) is 0 Å². The summed E-state index contributed by atoms with van der Waals surface area (Å²) in [7, 11) is 0. The van der Waals surface area contributed by atoms with Gasteiger partial charge in [0, 0.05) is 23.2 Å². The lowest BCUT2D eigenvalue weighted by Gasteiger charge is -2.34. The summed E-state index contributed by atoms with van der Waals surface area (Å²) in [6, 6.07) is 9.83. The summed E-state index contributed by atoms with van der Waals surface area (Å²) in [5, 5.41) is 1.19. The second kappa shape index (κ2) is 7.92. The molecule has 0 aliphatic carbocycles. The summed E-state index contributed by atoms with van der Waals surface area (Å²) in [5.74, 6) is -0.0634. The van der Waals surface area contributed by atoms with Crippen molar-refractivity contribution in [3.8, 4) is 0 Å². The Bertz CT molecular complexity index is 743. The van der Waals surface area contributed by atoms with Crippen molar-refractivity contribution in [2.75, 3.05) is 26.2 Å². The smallest absolute Gasteiger partial charge is 0.358 e. The lowest BCUT2D eigenvalue weighted by Crippen LogP contribution is -2.48. The summed E-state index contributed by atoms with van der Waals surface area (Å²) in [6.07, 6.45) is -2.59. The molecule has 1 aliphatic heterocycles. The number of aromatic amines is 1. The molecule has 3 rings (SSSR count). The summed E-state index contributed by atoms with van der Waals surface area (Å²) >= 11 is 0. The molecule has 1 fully saturated rings. The first-order valence-electron chi connectivity index (χ1n) is 9.39. The standard InChI is InChI=1S/C20H26F3N3O/c1-14(2)26(13-20(21,22)23)19(27)12-25-9-7-15(8-10-25)18-11-16-5-3-4-6-17(16)24-18/h3-6,11,14-15,24H,7-10,12-13H2,1-2H3. The maximum absolute atomic E-state index is 12.7. The van der Waals surface area contributed by atoms with Crippen LogP contribution in [-0.2, 0) is 4.79 Å². The maximum atomic E-state index is 12.7. The molecule has 1 saturated heterocycles. The fourth-order valence-electron chi connectivity index (χ4n) is 3.75. The van der Waals surface area contributed by atoms with Gasteiger partial charge < -0.3 is 9.88 Å². The van der Waals surface area contributed by atoms with Crippen molar-refractivity contribution in [1.29, 1.82) is 0 Å². The Morgan fingerprint density at radius 2 is 1.93 bits per heavy atom. The SMILES string of the molecule is CC(C)N(CC(F)(F)F)C(=O)CN1CCC(c2cc3ccccc3[nH]2)CC1. The van der Waals surface area contributed by atoms with Gasteiger partial charge in [-0.15, -0.1) is 0 Å². The van der Waals surface area contributed by atoms with E-state index in [1.165, 1.54) is 11.1 Å². The van der Waals surface area contributed by atoms with Crippen LogP contribution < -0.4 is 0 Å². The number of piperidine rings is 1. The van der Waals surface area contributed by atoms with Crippen LogP contribution in [0.15, 0.2) is 30.3 Å². The zero-order chi connectivity index (χ0) is 19.6. The fourth-order valence-corrected chi connectivity index (χ4v) is 3.75. The van der Waals surface area contributed by atoms with E-state index >= 15 is 0 Å². The van der Waals surface area contributed by atoms with Crippen LogP contribution in [0.25, 0.3) is 10.9 Å². The highest BCUT2D eigenvalue weighted by molar-refractivity contribution is 5.80. The molecule has 0 unspecified atom stereocenters. The molecule has 0 radical (unpaired) electrons. The average Bonchev–Trinajstić information content (AvgIpc) is 3.03. The third-order valence-electron chi connectivity index (χ3n) is 5.23. The quantitative estimate of drug-likeness (QED) is 0.845. The van der Waals surface area contributed by atoms with E-state index in [2.05, 4.69) is 17.1 Å². The minimum absolute atomic E-state index is 0.0493. The fraction of sp³-hybridized carbons (Fsp3) is 0.550. The van der Waals surface area contributed by atoms with E-state index in [0.29, 0.717) is 19.0 Å². The first kappa shape index (κ1) is 19.7. The Kier molecular flexibility index (Phi) is 5.79. The largest absolute Gasteiger partial charge is 0.406 e. The lowest BCUT2D eigenvalue weighted by atomic mass is 9.93. The molecule has 1 aromatic carbocycles. The Morgan fingerprint density at radius 1 is 1.26 bits per heavy atom. The van der Waals surface area contributed by atoms with Gasteiger partial charge in [0.2, 0.25) is 5.91 Å². The highest BCUT2D eigenvalue weighted by Crippen LogP contribution is 2.30. The van der Waals surface area contributed by atoms with Crippen molar-refractivity contribution in [1.82, 2.24) is 14.8 Å². The van der Waals surface area contributed by atoms with Gasteiger partial charge in [0.1, 0.15) is 6.54 Å². The van der Waals surface area contributed by atoms with Gasteiger partial charge in [0.15, 0.2) is 0 Å². The number of likely N-dealkylation sites (tertiary alicyclic amines) is 1. The second-order valence-corrected chi connectivity index (χ2v) is 7.59. The maximum Gasteiger partial charge on any atom is 0.406 e. The predicted octanol–water partition coefficient (Wildman–Crippen LogP) is 4.15. The topological polar surface area (TPSA) is 39.3 Å². The zero-order valence-corrected chi connectivity index (χ0v) is 15.7. The van der Waals surface area contributed by atoms with Gasteiger partial charge in [0.25, 0.3) is 0 Å². The average molecular weight is 381 g/mol. The number of alkyl halides is 3. The van der Waals surface area contributed by atoms with E-state index in [-0.39, 0.29) is 6.54 Å². The van der Waals surface area contributed by atoms with E-state index in [4.69, 9.17) is 0 Å². The van der Waals surface area contributed by atoms with Crippen LogP contribution >= 0.6 is 0 Å². The van der Waals surface area contributed by atoms with E-state index < -0.39 is 24.7 Å². The number of H-pyrrole nitrogens is 1. The van der Waals surface area contributed by atoms with Crippen LogP contribution in [0, 0.1) is 0 Å². The number of amides is 1. The number of benzene rings is 1. The Hall–Kier alpha value is -2.02. The van der Waals surface area contributed by atoms with Crippen LogP contribution in [0.2, 0.25) is 0 Å². The van der Waals surface area contributed by atoms with Crippen molar-refractivity contribution >= 4 is 16.8 Å². The number of halogens is 3. The highest BCUT2D eigenvalue weighted by Gasteiger charge is 2.35. The Labute approximate surface area is 157 Å². The molecule has 2 heterocycles. The minimum Gasteiger partial charge on any atom is -0.358 e. The van der Waals surface area contributed by atoms with Gasteiger partial charge in [-0.1, -0.05) is 18.2 Å². The third-order valence-corrected chi connectivity index (χ3v) is 5.23. The number of nitrogens with one attached hydrogen (secondary N) is 1. The molecule has 1 N–H and O–H groups in total. The first-order chi connectivity index (χ1) is 12.7. The number of fused-ring (bicyclic) bond motifs is 1. The number of carbonyl (C=O) groups excluding carboxylic acids is 1. The van der Waals surface area contributed by atoms with Crippen molar-refractivity contribution < 1.29 is 18.0 Å². The minimum atomic E-state index is -4.37. The van der Waals surface area contributed by atoms with Crippen molar-refractivity contribution in [2.45, 2.75) is 44.8 Å². The van der Waals surface area contributed by atoms with Gasteiger partial charge in [-0.2, -0.15) is 13.2 Å². The number of hydrogen-bond acceptors (Lipinski definition) is 2. The van der Waals surface area contributed by atoms with E-state index in [9.17, 15) is 18.0 Å². The number of nitrogens with zero attached hydrogens (tertiary/aromatic N) is 2. The molecular weight excluding hydrogens is 355 g/mol. The van der Waals surface area contributed by atoms with Gasteiger partial charge in [-0.05, 0) is 57.3 Å². The molecule has 1 aromatic heterocycles. The van der Waals surface area contributed by atoms with Crippen LogP contribution in [-0.4, -0.2) is 59.1 Å². The highest BCUT2D eigenvalue weighted by atomic mass is 19.4. The number of para-hydroxylation sites is 1. The van der Waals surface area contributed by atoms with Crippen LogP contribution in [0.1, 0.15) is 38.3 Å². The van der Waals surface area contributed by atoms with Crippen molar-refractivity contribution in [3.63, 3.8) is 0 Å². The molecule has 0 bridgehead atoms. The molecule has 27 heavy (non-hydrogen) atoms. The summed E-state index contributed by atoms with van der Waals surface area (Å²) in [6.45, 7) is 3.52. The number of rotatable bonds is 5. The molecule has 1 amide bonds. The molecule has 1 aliphatic rings. The third kappa shape index (κ3) is 5.03. The van der Waals surface area contributed by atoms with Crippen molar-refractivity contribution in [3.05, 3.63) is 36.0 Å². The molecule has 148 valence electrons. The van der Waals surface area contributed by atoms with Crippen LogP contribution in [0.3, 0.4) is 0 Å². The molecule has 0 saturated carbocycles. The molecule has 7 heteroatoms. The molecule has 4 nitrogen and oxygen atoms in total. The summed E-state index contributed by atoms with van der Waals surface area (Å²) < 4.78 is 38.2. The van der Waals surface area contributed by atoms with Gasteiger partial charge in [-0.25, -0.2) is 0 Å². The van der Waals surface area contributed by atoms with Gasteiger partial charge in [0.05, 0.1) is 6.54 Å². The number of carbonyl (C=O) groups is 1. The van der Waals surface area contributed by atoms with Gasteiger partial charge >= 0.3 is 6.18 Å².